The number of alkyl halides is 1. The van der Waals surface area contributed by atoms with Crippen molar-refractivity contribution in [3.8, 4) is 0 Å². The Labute approximate surface area is 144 Å². The van der Waals surface area contributed by atoms with Gasteiger partial charge in [-0.2, -0.15) is 0 Å². The zero-order chi connectivity index (χ0) is 15.4. The predicted molar refractivity (Wildman–Crippen MR) is 96.3 cm³/mol. The van der Waals surface area contributed by atoms with Gasteiger partial charge in [-0.25, -0.2) is 4.98 Å². The van der Waals surface area contributed by atoms with E-state index in [4.69, 9.17) is 23.1 Å². The smallest absolute Gasteiger partial charge is 0.122 e. The summed E-state index contributed by atoms with van der Waals surface area (Å²) >= 11 is 12.3. The van der Waals surface area contributed by atoms with Crippen molar-refractivity contribution in [2.75, 3.05) is 11.5 Å². The van der Waals surface area contributed by atoms with Crippen molar-refractivity contribution in [1.82, 2.24) is 9.97 Å². The molecule has 0 bridgehead atoms. The highest BCUT2D eigenvalue weighted by atomic mass is 79.9. The molecule has 1 aromatic heterocycles. The van der Waals surface area contributed by atoms with Gasteiger partial charge in [0.1, 0.15) is 5.82 Å². The summed E-state index contributed by atoms with van der Waals surface area (Å²) < 4.78 is 1.99. The third-order valence-electron chi connectivity index (χ3n) is 2.67. The summed E-state index contributed by atoms with van der Waals surface area (Å²) in [6, 6.07) is 11.3. The second-order valence-corrected chi connectivity index (χ2v) is 6.35. The Hall–Kier alpha value is -1.24. The van der Waals surface area contributed by atoms with Crippen LogP contribution in [0.5, 0.6) is 0 Å². The molecule has 0 radical (unpaired) electrons. The highest BCUT2D eigenvalue weighted by Crippen LogP contribution is 2.19. The van der Waals surface area contributed by atoms with Crippen molar-refractivity contribution < 1.29 is 0 Å². The number of anilines is 2. The van der Waals surface area contributed by atoms with Crippen molar-refractivity contribution in [2.45, 2.75) is 5.88 Å². The van der Waals surface area contributed by atoms with Crippen LogP contribution in [0.1, 0.15) is 5.82 Å². The van der Waals surface area contributed by atoms with Crippen LogP contribution in [0.2, 0.25) is 0 Å². The van der Waals surface area contributed by atoms with Crippen molar-refractivity contribution >= 4 is 65.9 Å². The number of benzene rings is 2. The molecule has 110 valence electrons. The minimum atomic E-state index is 0.423. The summed E-state index contributed by atoms with van der Waals surface area (Å²) in [5, 5.41) is 0. The normalized spacial score (nSPS) is 10.2. The summed E-state index contributed by atoms with van der Waals surface area (Å²) in [5.74, 6) is 1.23. The second kappa shape index (κ2) is 7.15. The first-order valence-electron chi connectivity index (χ1n) is 6.00. The lowest BCUT2D eigenvalue weighted by Crippen LogP contribution is -1.92. The molecule has 1 heterocycles. The number of nitrogens with one attached hydrogen (secondary N) is 1. The molecule has 0 atom stereocenters. The van der Waals surface area contributed by atoms with Crippen molar-refractivity contribution in [2.24, 2.45) is 0 Å². The monoisotopic (exact) mass is 430 g/mol. The van der Waals surface area contributed by atoms with Crippen molar-refractivity contribution in [3.63, 3.8) is 0 Å². The number of rotatable bonds is 1. The quantitative estimate of drug-likeness (QED) is 0.386. The maximum Gasteiger partial charge on any atom is 0.122 e. The highest BCUT2D eigenvalue weighted by Gasteiger charge is 2.00. The van der Waals surface area contributed by atoms with Gasteiger partial charge in [-0.15, -0.1) is 11.6 Å². The van der Waals surface area contributed by atoms with E-state index in [0.717, 1.165) is 25.8 Å². The second-order valence-electron chi connectivity index (χ2n) is 4.25. The molecule has 7 heteroatoms. The van der Waals surface area contributed by atoms with Crippen LogP contribution >= 0.6 is 43.5 Å². The maximum atomic E-state index is 5.63. The molecule has 0 saturated heterocycles. The number of nitrogens with two attached hydrogens (primary N) is 2. The number of halogens is 3. The van der Waals surface area contributed by atoms with Gasteiger partial charge in [0.05, 0.1) is 28.3 Å². The number of H-pyrrole nitrogens is 1. The number of nitrogens with zero attached hydrogens (tertiary/aromatic N) is 1. The van der Waals surface area contributed by atoms with Crippen LogP contribution in [0.3, 0.4) is 0 Å². The maximum absolute atomic E-state index is 5.63. The molecule has 21 heavy (non-hydrogen) atoms. The van der Waals surface area contributed by atoms with E-state index in [1.165, 1.54) is 0 Å². The molecule has 0 unspecified atom stereocenters. The fourth-order valence-electron chi connectivity index (χ4n) is 1.64. The molecule has 5 N–H and O–H groups in total. The van der Waals surface area contributed by atoms with Crippen LogP contribution in [0, 0.1) is 0 Å². The van der Waals surface area contributed by atoms with Gasteiger partial charge in [0.25, 0.3) is 0 Å². The average molecular weight is 433 g/mol. The summed E-state index contributed by atoms with van der Waals surface area (Å²) in [4.78, 5) is 7.38. The molecular formula is C14H13Br2ClN4. The first-order valence-corrected chi connectivity index (χ1v) is 8.12. The number of aromatic nitrogens is 2. The third-order valence-corrected chi connectivity index (χ3v) is 3.91. The molecule has 2 aromatic carbocycles. The van der Waals surface area contributed by atoms with E-state index in [1.807, 2.05) is 24.3 Å². The lowest BCUT2D eigenvalue weighted by Gasteiger charge is -1.97. The van der Waals surface area contributed by atoms with E-state index >= 15 is 0 Å². The lowest BCUT2D eigenvalue weighted by atomic mass is 10.3. The van der Waals surface area contributed by atoms with E-state index < -0.39 is 0 Å². The fourth-order valence-corrected chi connectivity index (χ4v) is 2.51. The van der Waals surface area contributed by atoms with Crippen LogP contribution in [0.4, 0.5) is 11.4 Å². The van der Waals surface area contributed by atoms with Gasteiger partial charge in [-0.3, -0.25) is 0 Å². The minimum Gasteiger partial charge on any atom is -0.397 e. The molecular weight excluding hydrogens is 419 g/mol. The van der Waals surface area contributed by atoms with Gasteiger partial charge < -0.3 is 16.5 Å². The van der Waals surface area contributed by atoms with Crippen LogP contribution in [0.25, 0.3) is 11.0 Å². The van der Waals surface area contributed by atoms with E-state index in [-0.39, 0.29) is 0 Å². The number of hydrogen-bond acceptors (Lipinski definition) is 3. The number of nitrogen functional groups attached to an aromatic ring is 2. The molecule has 0 fully saturated rings. The van der Waals surface area contributed by atoms with Gasteiger partial charge in [0, 0.05) is 8.95 Å². The minimum absolute atomic E-state index is 0.423. The van der Waals surface area contributed by atoms with E-state index in [9.17, 15) is 0 Å². The molecule has 3 aromatic rings. The third kappa shape index (κ3) is 4.36. The molecule has 0 aliphatic carbocycles. The summed E-state index contributed by atoms with van der Waals surface area (Å²) in [5.41, 5.74) is 14.1. The molecule has 0 spiro atoms. The van der Waals surface area contributed by atoms with Crippen LogP contribution in [0.15, 0.2) is 45.3 Å². The standard InChI is InChI=1S/C8H6BrClN2.C6H7BrN2/c9-5-1-2-6-7(3-5)12-8(4-10)11-6;7-4-1-2-5(8)6(9)3-4/h1-3H,4H2,(H,11,12);1-3H,8-9H2. The number of imidazole rings is 1. The fraction of sp³-hybridized carbons (Fsp3) is 0.0714. The SMILES string of the molecule is ClCc1nc2ccc(Br)cc2[nH]1.Nc1ccc(Br)cc1N. The molecule has 0 aliphatic rings. The molecule has 0 saturated carbocycles. The molecule has 0 aliphatic heterocycles. The van der Waals surface area contributed by atoms with Gasteiger partial charge in [0.15, 0.2) is 0 Å². The average Bonchev–Trinajstić information content (AvgIpc) is 2.86. The molecule has 3 rings (SSSR count). The Morgan fingerprint density at radius 3 is 2.29 bits per heavy atom. The topological polar surface area (TPSA) is 80.7 Å². The first kappa shape index (κ1) is 16.1. The van der Waals surface area contributed by atoms with Crippen molar-refractivity contribution in [1.29, 1.82) is 0 Å². The Kier molecular flexibility index (Phi) is 5.50. The Morgan fingerprint density at radius 2 is 1.67 bits per heavy atom. The Balaban J connectivity index is 0.000000161. The number of hydrogen-bond donors (Lipinski definition) is 3. The number of fused-ring (bicyclic) bond motifs is 1. The lowest BCUT2D eigenvalue weighted by molar-refractivity contribution is 1.13. The van der Waals surface area contributed by atoms with Crippen LogP contribution < -0.4 is 11.5 Å². The summed E-state index contributed by atoms with van der Waals surface area (Å²) in [6.07, 6.45) is 0. The van der Waals surface area contributed by atoms with E-state index in [2.05, 4.69) is 41.8 Å². The Morgan fingerprint density at radius 1 is 1.00 bits per heavy atom. The van der Waals surface area contributed by atoms with Gasteiger partial charge in [-0.05, 0) is 36.4 Å². The zero-order valence-corrected chi connectivity index (χ0v) is 14.8. The van der Waals surface area contributed by atoms with Crippen LogP contribution in [-0.4, -0.2) is 9.97 Å². The van der Waals surface area contributed by atoms with Gasteiger partial charge >= 0.3 is 0 Å². The number of aromatic amines is 1. The molecule has 0 amide bonds. The van der Waals surface area contributed by atoms with Crippen LogP contribution in [-0.2, 0) is 5.88 Å². The Bertz CT molecular complexity index is 758. The van der Waals surface area contributed by atoms with E-state index in [1.54, 1.807) is 12.1 Å². The van der Waals surface area contributed by atoms with Gasteiger partial charge in [-0.1, -0.05) is 31.9 Å². The van der Waals surface area contributed by atoms with E-state index in [0.29, 0.717) is 17.3 Å². The summed E-state index contributed by atoms with van der Waals surface area (Å²) in [6.45, 7) is 0. The highest BCUT2D eigenvalue weighted by molar-refractivity contribution is 9.10. The van der Waals surface area contributed by atoms with Crippen molar-refractivity contribution in [3.05, 3.63) is 51.2 Å². The van der Waals surface area contributed by atoms with Gasteiger partial charge in [0.2, 0.25) is 0 Å². The summed E-state index contributed by atoms with van der Waals surface area (Å²) in [7, 11) is 0. The first-order chi connectivity index (χ1) is 9.99. The predicted octanol–water partition coefficient (Wildman–Crippen LogP) is 4.68. The molecule has 4 nitrogen and oxygen atoms in total. The largest absolute Gasteiger partial charge is 0.397 e. The zero-order valence-electron chi connectivity index (χ0n) is 10.9.